The molecule has 0 amide bonds. The minimum absolute atomic E-state index is 0.00200. The Morgan fingerprint density at radius 2 is 1.78 bits per heavy atom. The highest BCUT2D eigenvalue weighted by Gasteiger charge is 2.63. The Bertz CT molecular complexity index is 538. The van der Waals surface area contributed by atoms with Crippen molar-refractivity contribution in [2.24, 2.45) is 40.4 Å². The summed E-state index contributed by atoms with van der Waals surface area (Å²) in [6.45, 7) is 6.35. The molecule has 0 N–H and O–H groups in total. The zero-order chi connectivity index (χ0) is 16.4. The quantitative estimate of drug-likeness (QED) is 0.696. The molecule has 2 nitrogen and oxygen atoms in total. The van der Waals surface area contributed by atoms with Crippen molar-refractivity contribution in [2.45, 2.75) is 78.6 Å². The van der Waals surface area contributed by atoms with Crippen LogP contribution in [-0.4, -0.2) is 11.6 Å². The van der Waals surface area contributed by atoms with Crippen LogP contribution in [-0.2, 0) is 9.59 Å². The van der Waals surface area contributed by atoms with E-state index in [-0.39, 0.29) is 17.1 Å². The Morgan fingerprint density at radius 1 is 1.00 bits per heavy atom. The van der Waals surface area contributed by atoms with Gasteiger partial charge >= 0.3 is 0 Å². The average Bonchev–Trinajstić information content (AvgIpc) is 2.87. The standard InChI is InChI=1S/C21H32O2/c1-13(22)16-9-10-17-15-8-7-14-6-4-5-11-20(14,2)18(15)12-19(23)21(16,17)3/h14-18H,4-12H2,1-3H3/t14?,15?,16?,17?,18?,20-,21?/m0/s1. The lowest BCUT2D eigenvalue weighted by atomic mass is 9.44. The second-order valence-corrected chi connectivity index (χ2v) is 9.55. The first-order chi connectivity index (χ1) is 10.9. The molecule has 0 spiro atoms. The number of rotatable bonds is 1. The predicted molar refractivity (Wildman–Crippen MR) is 90.9 cm³/mol. The summed E-state index contributed by atoms with van der Waals surface area (Å²) in [5.41, 5.74) is 0.0529. The largest absolute Gasteiger partial charge is 0.300 e. The average molecular weight is 316 g/mol. The van der Waals surface area contributed by atoms with Crippen molar-refractivity contribution in [3.8, 4) is 0 Å². The summed E-state index contributed by atoms with van der Waals surface area (Å²) < 4.78 is 0. The van der Waals surface area contributed by atoms with E-state index in [0.717, 1.165) is 25.2 Å². The molecule has 0 aromatic carbocycles. The number of hydrogen-bond acceptors (Lipinski definition) is 2. The van der Waals surface area contributed by atoms with Gasteiger partial charge in [-0.1, -0.05) is 26.7 Å². The van der Waals surface area contributed by atoms with Crippen molar-refractivity contribution >= 4 is 11.6 Å². The molecule has 0 aliphatic heterocycles. The molecule has 4 aliphatic rings. The molecule has 7 atom stereocenters. The second-order valence-electron chi connectivity index (χ2n) is 9.55. The summed E-state index contributed by atoms with van der Waals surface area (Å²) in [5, 5.41) is 0. The minimum atomic E-state index is -0.342. The minimum Gasteiger partial charge on any atom is -0.300 e. The summed E-state index contributed by atoms with van der Waals surface area (Å²) in [5.74, 6) is 3.28. The number of Topliss-reactive ketones (excluding diaryl/α,β-unsaturated/α-hetero) is 2. The van der Waals surface area contributed by atoms with Crippen LogP contribution < -0.4 is 0 Å². The number of fused-ring (bicyclic) bond motifs is 5. The number of carbonyl (C=O) groups is 2. The number of ketones is 2. The highest BCUT2D eigenvalue weighted by Crippen LogP contribution is 2.66. The third-order valence-electron chi connectivity index (χ3n) is 8.94. The van der Waals surface area contributed by atoms with Gasteiger partial charge in [0.1, 0.15) is 11.6 Å². The Kier molecular flexibility index (Phi) is 3.56. The van der Waals surface area contributed by atoms with E-state index in [4.69, 9.17) is 0 Å². The molecular formula is C21H32O2. The van der Waals surface area contributed by atoms with Crippen LogP contribution in [0.4, 0.5) is 0 Å². The third-order valence-corrected chi connectivity index (χ3v) is 8.94. The molecule has 4 rings (SSSR count). The molecule has 23 heavy (non-hydrogen) atoms. The summed E-state index contributed by atoms with van der Waals surface area (Å²) in [6, 6.07) is 0. The topological polar surface area (TPSA) is 34.1 Å². The van der Waals surface area contributed by atoms with E-state index >= 15 is 0 Å². The maximum Gasteiger partial charge on any atom is 0.140 e. The summed E-state index contributed by atoms with van der Waals surface area (Å²) in [6.07, 6.45) is 10.9. The monoisotopic (exact) mass is 316 g/mol. The van der Waals surface area contributed by atoms with Gasteiger partial charge in [-0.05, 0) is 74.5 Å². The molecule has 0 aromatic rings. The SMILES string of the molecule is CC(=O)C1CCC2C3CCC4CCCC[C@]4(C)C3CC(=O)C12C. The van der Waals surface area contributed by atoms with Crippen LogP contribution in [0.2, 0.25) is 0 Å². The fourth-order valence-corrected chi connectivity index (χ4v) is 7.65. The van der Waals surface area contributed by atoms with Gasteiger partial charge in [0.15, 0.2) is 0 Å². The molecule has 6 unspecified atom stereocenters. The van der Waals surface area contributed by atoms with Gasteiger partial charge in [-0.25, -0.2) is 0 Å². The smallest absolute Gasteiger partial charge is 0.140 e. The number of carbonyl (C=O) groups excluding carboxylic acids is 2. The first-order valence-electron chi connectivity index (χ1n) is 9.92. The van der Waals surface area contributed by atoms with Gasteiger partial charge in [0.05, 0.1) is 0 Å². The van der Waals surface area contributed by atoms with Crippen molar-refractivity contribution in [1.29, 1.82) is 0 Å². The zero-order valence-corrected chi connectivity index (χ0v) is 15.1. The van der Waals surface area contributed by atoms with Crippen LogP contribution in [0, 0.1) is 40.4 Å². The van der Waals surface area contributed by atoms with Crippen molar-refractivity contribution in [1.82, 2.24) is 0 Å². The predicted octanol–water partition coefficient (Wildman–Crippen LogP) is 4.80. The zero-order valence-electron chi connectivity index (χ0n) is 15.1. The van der Waals surface area contributed by atoms with Gasteiger partial charge < -0.3 is 0 Å². The van der Waals surface area contributed by atoms with E-state index in [2.05, 4.69) is 13.8 Å². The Hall–Kier alpha value is -0.660. The van der Waals surface area contributed by atoms with Gasteiger partial charge in [-0.2, -0.15) is 0 Å². The molecule has 0 saturated heterocycles. The van der Waals surface area contributed by atoms with Crippen LogP contribution in [0.3, 0.4) is 0 Å². The van der Waals surface area contributed by atoms with E-state index < -0.39 is 0 Å². The molecule has 4 fully saturated rings. The summed E-state index contributed by atoms with van der Waals surface area (Å²) in [7, 11) is 0. The summed E-state index contributed by atoms with van der Waals surface area (Å²) in [4.78, 5) is 25.4. The van der Waals surface area contributed by atoms with Crippen LogP contribution in [0.25, 0.3) is 0 Å². The van der Waals surface area contributed by atoms with Crippen LogP contribution in [0.1, 0.15) is 78.6 Å². The second kappa shape index (κ2) is 5.17. The molecule has 4 aliphatic carbocycles. The number of hydrogen-bond donors (Lipinski definition) is 0. The third kappa shape index (κ3) is 1.99. The molecule has 0 heterocycles. The van der Waals surface area contributed by atoms with Crippen LogP contribution in [0.5, 0.6) is 0 Å². The van der Waals surface area contributed by atoms with Crippen LogP contribution in [0.15, 0.2) is 0 Å². The lowest BCUT2D eigenvalue weighted by Gasteiger charge is -2.59. The molecule has 2 heteroatoms. The Labute approximate surface area is 140 Å². The lowest BCUT2D eigenvalue weighted by Crippen LogP contribution is -2.56. The van der Waals surface area contributed by atoms with E-state index in [0.29, 0.717) is 29.0 Å². The van der Waals surface area contributed by atoms with Crippen molar-refractivity contribution < 1.29 is 9.59 Å². The molecule has 0 radical (unpaired) electrons. The Morgan fingerprint density at radius 3 is 2.52 bits per heavy atom. The van der Waals surface area contributed by atoms with Gasteiger partial charge in [-0.15, -0.1) is 0 Å². The van der Waals surface area contributed by atoms with Gasteiger partial charge in [0.2, 0.25) is 0 Å². The maximum atomic E-state index is 13.2. The summed E-state index contributed by atoms with van der Waals surface area (Å²) >= 11 is 0. The molecule has 0 aromatic heterocycles. The molecule has 128 valence electrons. The van der Waals surface area contributed by atoms with Gasteiger partial charge in [0.25, 0.3) is 0 Å². The maximum absolute atomic E-state index is 13.2. The lowest BCUT2D eigenvalue weighted by molar-refractivity contribution is -0.158. The highest BCUT2D eigenvalue weighted by atomic mass is 16.1. The molecule has 0 bridgehead atoms. The van der Waals surface area contributed by atoms with Crippen molar-refractivity contribution in [2.75, 3.05) is 0 Å². The molecular weight excluding hydrogens is 284 g/mol. The van der Waals surface area contributed by atoms with E-state index in [1.807, 2.05) is 0 Å². The van der Waals surface area contributed by atoms with Crippen molar-refractivity contribution in [3.05, 3.63) is 0 Å². The van der Waals surface area contributed by atoms with E-state index in [1.165, 1.54) is 38.5 Å². The van der Waals surface area contributed by atoms with Crippen molar-refractivity contribution in [3.63, 3.8) is 0 Å². The first kappa shape index (κ1) is 15.8. The van der Waals surface area contributed by atoms with E-state index in [1.54, 1.807) is 6.92 Å². The van der Waals surface area contributed by atoms with Gasteiger partial charge in [0, 0.05) is 17.8 Å². The van der Waals surface area contributed by atoms with E-state index in [9.17, 15) is 9.59 Å². The highest BCUT2D eigenvalue weighted by molar-refractivity contribution is 5.93. The first-order valence-corrected chi connectivity index (χ1v) is 9.92. The normalized spacial score (nSPS) is 52.5. The van der Waals surface area contributed by atoms with Crippen LogP contribution >= 0.6 is 0 Å². The Balaban J connectivity index is 1.70. The van der Waals surface area contributed by atoms with Gasteiger partial charge in [-0.3, -0.25) is 9.59 Å². The molecule has 4 saturated carbocycles. The fraction of sp³-hybridized carbons (Fsp3) is 0.905. The fourth-order valence-electron chi connectivity index (χ4n) is 7.65.